The number of benzene rings is 1. The number of carbonyl (C=O) groups excluding carboxylic acids is 2. The van der Waals surface area contributed by atoms with E-state index in [1.807, 2.05) is 6.07 Å². The van der Waals surface area contributed by atoms with Crippen LogP contribution in [-0.2, 0) is 14.3 Å². The van der Waals surface area contributed by atoms with Crippen molar-refractivity contribution in [2.24, 2.45) is 0 Å². The summed E-state index contributed by atoms with van der Waals surface area (Å²) in [5.74, 6) is -0.913. The van der Waals surface area contributed by atoms with Crippen LogP contribution < -0.4 is 0 Å². The predicted molar refractivity (Wildman–Crippen MR) is 69.7 cm³/mol. The molecule has 1 aliphatic rings. The lowest BCUT2D eigenvalue weighted by Crippen LogP contribution is -2.45. The third kappa shape index (κ3) is 2.95. The lowest BCUT2D eigenvalue weighted by Gasteiger charge is -2.33. The summed E-state index contributed by atoms with van der Waals surface area (Å²) >= 11 is 0. The molecule has 2 rings (SSSR count). The van der Waals surface area contributed by atoms with Crippen LogP contribution in [0, 0.1) is 0 Å². The number of hydrogen-bond donors (Lipinski definition) is 0. The number of rotatable bonds is 3. The fourth-order valence-electron chi connectivity index (χ4n) is 2.47. The molecule has 0 heterocycles. The zero-order valence-corrected chi connectivity index (χ0v) is 11.1. The van der Waals surface area contributed by atoms with Crippen molar-refractivity contribution in [1.29, 1.82) is 0 Å². The van der Waals surface area contributed by atoms with Crippen LogP contribution in [0.15, 0.2) is 30.3 Å². The summed E-state index contributed by atoms with van der Waals surface area (Å²) in [4.78, 5) is 24.1. The van der Waals surface area contributed by atoms with Gasteiger partial charge in [0.2, 0.25) is 5.60 Å². The Morgan fingerprint density at radius 1 is 1.05 bits per heavy atom. The van der Waals surface area contributed by atoms with Crippen molar-refractivity contribution in [3.63, 3.8) is 0 Å². The first-order valence-corrected chi connectivity index (χ1v) is 6.55. The first kappa shape index (κ1) is 13.6. The first-order chi connectivity index (χ1) is 9.18. The average molecular weight is 262 g/mol. The minimum Gasteiger partial charge on any atom is -0.466 e. The van der Waals surface area contributed by atoms with Crippen LogP contribution in [0.2, 0.25) is 0 Å². The third-order valence-corrected chi connectivity index (χ3v) is 3.52. The maximum atomic E-state index is 12.1. The number of carbonyl (C=O) groups is 2. The van der Waals surface area contributed by atoms with Gasteiger partial charge < -0.3 is 9.47 Å². The molecule has 0 aliphatic heterocycles. The van der Waals surface area contributed by atoms with Gasteiger partial charge in [-0.2, -0.15) is 0 Å². The highest BCUT2D eigenvalue weighted by Crippen LogP contribution is 2.33. The Morgan fingerprint density at radius 3 is 2.26 bits per heavy atom. The Labute approximate surface area is 112 Å². The van der Waals surface area contributed by atoms with Gasteiger partial charge in [0.05, 0.1) is 12.7 Å². The zero-order valence-electron chi connectivity index (χ0n) is 11.1. The summed E-state index contributed by atoms with van der Waals surface area (Å²) in [5, 5.41) is 0. The van der Waals surface area contributed by atoms with Gasteiger partial charge >= 0.3 is 11.9 Å². The summed E-state index contributed by atoms with van der Waals surface area (Å²) in [6.07, 6.45) is 3.88. The normalized spacial score (nSPS) is 17.5. The molecule has 1 saturated carbocycles. The molecular formula is C15H18O4. The molecule has 0 N–H and O–H groups in total. The fourth-order valence-corrected chi connectivity index (χ4v) is 2.47. The fraction of sp³-hybridized carbons (Fsp3) is 0.467. The molecule has 0 unspecified atom stereocenters. The Balaban J connectivity index is 2.17. The minimum atomic E-state index is -1.10. The van der Waals surface area contributed by atoms with Crippen molar-refractivity contribution in [3.05, 3.63) is 35.9 Å². The van der Waals surface area contributed by atoms with Crippen LogP contribution in [0.3, 0.4) is 0 Å². The predicted octanol–water partition coefficient (Wildman–Crippen LogP) is 2.72. The van der Waals surface area contributed by atoms with E-state index >= 15 is 0 Å². The molecule has 1 fully saturated rings. The largest absolute Gasteiger partial charge is 0.466 e. The van der Waals surface area contributed by atoms with E-state index in [0.29, 0.717) is 18.4 Å². The number of methoxy groups -OCH3 is 1. The Morgan fingerprint density at radius 2 is 1.68 bits per heavy atom. The molecule has 0 atom stereocenters. The van der Waals surface area contributed by atoms with E-state index in [9.17, 15) is 9.59 Å². The van der Waals surface area contributed by atoms with Crippen LogP contribution in [0.25, 0.3) is 0 Å². The lowest BCUT2D eigenvalue weighted by atomic mass is 9.84. The summed E-state index contributed by atoms with van der Waals surface area (Å²) in [6, 6.07) is 8.71. The second kappa shape index (κ2) is 5.87. The van der Waals surface area contributed by atoms with Crippen molar-refractivity contribution in [3.8, 4) is 0 Å². The molecule has 0 radical (unpaired) electrons. The van der Waals surface area contributed by atoms with Crippen molar-refractivity contribution >= 4 is 11.9 Å². The topological polar surface area (TPSA) is 52.6 Å². The second-order valence-electron chi connectivity index (χ2n) is 4.80. The van der Waals surface area contributed by atoms with Crippen LogP contribution in [0.5, 0.6) is 0 Å². The first-order valence-electron chi connectivity index (χ1n) is 6.55. The van der Waals surface area contributed by atoms with Gasteiger partial charge in [-0.15, -0.1) is 0 Å². The molecule has 1 aromatic rings. The van der Waals surface area contributed by atoms with Crippen LogP contribution in [0.4, 0.5) is 0 Å². The minimum absolute atomic E-state index is 0.448. The van der Waals surface area contributed by atoms with E-state index in [-0.39, 0.29) is 0 Å². The monoisotopic (exact) mass is 262 g/mol. The number of hydrogen-bond acceptors (Lipinski definition) is 4. The molecule has 4 heteroatoms. The second-order valence-corrected chi connectivity index (χ2v) is 4.80. The number of esters is 2. The van der Waals surface area contributed by atoms with Gasteiger partial charge in [0.25, 0.3) is 0 Å². The van der Waals surface area contributed by atoms with E-state index in [4.69, 9.17) is 9.47 Å². The molecule has 19 heavy (non-hydrogen) atoms. The van der Waals surface area contributed by atoms with Gasteiger partial charge in [0, 0.05) is 0 Å². The van der Waals surface area contributed by atoms with Crippen molar-refractivity contribution < 1.29 is 19.1 Å². The standard InChI is InChI=1S/C15H18O4/c1-18-14(17)15(10-6-3-7-11-15)19-13(16)12-8-4-2-5-9-12/h2,4-5,8-9H,3,6-7,10-11H2,1H3. The van der Waals surface area contributed by atoms with Gasteiger partial charge in [-0.25, -0.2) is 9.59 Å². The van der Waals surface area contributed by atoms with Crippen molar-refractivity contribution in [2.45, 2.75) is 37.7 Å². The van der Waals surface area contributed by atoms with Gasteiger partial charge in [0.15, 0.2) is 0 Å². The zero-order chi connectivity index (χ0) is 13.7. The van der Waals surface area contributed by atoms with Gasteiger partial charge in [-0.3, -0.25) is 0 Å². The Bertz CT molecular complexity index is 446. The molecule has 102 valence electrons. The molecule has 0 bridgehead atoms. The molecule has 4 nitrogen and oxygen atoms in total. The number of ether oxygens (including phenoxy) is 2. The quantitative estimate of drug-likeness (QED) is 0.786. The van der Waals surface area contributed by atoms with E-state index in [1.54, 1.807) is 24.3 Å². The highest BCUT2D eigenvalue weighted by molar-refractivity contribution is 5.92. The Kier molecular flexibility index (Phi) is 4.20. The van der Waals surface area contributed by atoms with Crippen LogP contribution >= 0.6 is 0 Å². The summed E-state index contributed by atoms with van der Waals surface area (Å²) in [5.41, 5.74) is -0.642. The molecule has 1 aliphatic carbocycles. The van der Waals surface area contributed by atoms with Gasteiger partial charge in [-0.1, -0.05) is 24.6 Å². The van der Waals surface area contributed by atoms with Crippen molar-refractivity contribution in [1.82, 2.24) is 0 Å². The molecule has 0 amide bonds. The van der Waals surface area contributed by atoms with Crippen LogP contribution in [-0.4, -0.2) is 24.6 Å². The SMILES string of the molecule is COC(=O)C1(OC(=O)c2ccccc2)CCCCC1. The average Bonchev–Trinajstić information content (AvgIpc) is 2.48. The molecule has 0 aromatic heterocycles. The summed E-state index contributed by atoms with van der Waals surface area (Å²) in [7, 11) is 1.33. The molecule has 0 spiro atoms. The van der Waals surface area contributed by atoms with Crippen LogP contribution in [0.1, 0.15) is 42.5 Å². The molecule has 1 aromatic carbocycles. The van der Waals surface area contributed by atoms with E-state index in [0.717, 1.165) is 19.3 Å². The van der Waals surface area contributed by atoms with Gasteiger partial charge in [-0.05, 0) is 37.8 Å². The molecule has 0 saturated heterocycles. The lowest BCUT2D eigenvalue weighted by molar-refractivity contribution is -0.166. The van der Waals surface area contributed by atoms with Crippen molar-refractivity contribution in [2.75, 3.05) is 7.11 Å². The highest BCUT2D eigenvalue weighted by atomic mass is 16.6. The van der Waals surface area contributed by atoms with Gasteiger partial charge in [0.1, 0.15) is 0 Å². The smallest absolute Gasteiger partial charge is 0.350 e. The summed E-state index contributed by atoms with van der Waals surface area (Å²) < 4.78 is 10.3. The van der Waals surface area contributed by atoms with E-state index < -0.39 is 17.5 Å². The Hall–Kier alpha value is -1.84. The summed E-state index contributed by atoms with van der Waals surface area (Å²) in [6.45, 7) is 0. The maximum Gasteiger partial charge on any atom is 0.350 e. The third-order valence-electron chi connectivity index (χ3n) is 3.52. The van der Waals surface area contributed by atoms with E-state index in [1.165, 1.54) is 7.11 Å². The van der Waals surface area contributed by atoms with E-state index in [2.05, 4.69) is 0 Å². The molecular weight excluding hydrogens is 244 g/mol. The highest BCUT2D eigenvalue weighted by Gasteiger charge is 2.44. The maximum absolute atomic E-state index is 12.1.